The van der Waals surface area contributed by atoms with E-state index in [4.69, 9.17) is 4.98 Å². The lowest BCUT2D eigenvalue weighted by Crippen LogP contribution is -2.55. The van der Waals surface area contributed by atoms with Gasteiger partial charge in [0.15, 0.2) is 0 Å². The van der Waals surface area contributed by atoms with E-state index in [9.17, 15) is 0 Å². The van der Waals surface area contributed by atoms with Gasteiger partial charge in [0.05, 0.1) is 16.7 Å². The topological polar surface area (TPSA) is 17.8 Å². The Labute approximate surface area is 245 Å². The monoisotopic (exact) mass is 520 g/mol. The molecule has 7 heteroatoms. The molecule has 1 heterocycles. The zero-order valence-corrected chi connectivity index (χ0v) is 24.6. The van der Waals surface area contributed by atoms with Crippen molar-refractivity contribution >= 4 is 99.1 Å². The largest absolute Gasteiger partial charge is 0.295 e. The van der Waals surface area contributed by atoms with Crippen LogP contribution in [-0.4, -0.2) is 48.8 Å². The van der Waals surface area contributed by atoms with E-state index in [-0.39, 0.29) is 0 Å². The molecule has 0 radical (unpaired) electrons. The minimum Gasteiger partial charge on any atom is -0.295 e. The van der Waals surface area contributed by atoms with Crippen LogP contribution in [-0.2, 0) is 0 Å². The van der Waals surface area contributed by atoms with E-state index in [2.05, 4.69) is 148 Å². The summed E-state index contributed by atoms with van der Waals surface area (Å²) in [6, 6.07) is 35.2. The van der Waals surface area contributed by atoms with Crippen molar-refractivity contribution in [1.82, 2.24) is 9.55 Å². The molecule has 6 aromatic carbocycles. The van der Waals surface area contributed by atoms with Gasteiger partial charge in [0.1, 0.15) is 45.1 Å². The van der Waals surface area contributed by atoms with Crippen LogP contribution in [0.15, 0.2) is 97.1 Å². The fourth-order valence-corrected chi connectivity index (χ4v) is 6.89. The molecule has 2 nitrogen and oxygen atoms in total. The fraction of sp³-hybridized carbons (Fsp3) is 0.0294. The minimum absolute atomic E-state index is 0.992. The first-order chi connectivity index (χ1) is 19.9. The predicted molar refractivity (Wildman–Crippen MR) is 193 cm³/mol. The summed E-state index contributed by atoms with van der Waals surface area (Å²) < 4.78 is 2.34. The van der Waals surface area contributed by atoms with Crippen molar-refractivity contribution < 1.29 is 0 Å². The maximum Gasteiger partial charge on any atom is 0.139 e. The Bertz CT molecular complexity index is 2100. The predicted octanol–water partition coefficient (Wildman–Crippen LogP) is 0.266. The van der Waals surface area contributed by atoms with Crippen LogP contribution < -0.4 is 27.3 Å². The molecule has 0 N–H and O–H groups in total. The number of hydrogen-bond donors (Lipinski definition) is 0. The molecule has 0 spiro atoms. The lowest BCUT2D eigenvalue weighted by atomic mass is 9.59. The second-order valence-corrected chi connectivity index (χ2v) is 11.3. The van der Waals surface area contributed by atoms with Gasteiger partial charge in [-0.05, 0) is 52.1 Å². The number of fused-ring (bicyclic) bond motifs is 3. The molecule has 0 amide bonds. The first kappa shape index (κ1) is 25.6. The Morgan fingerprint density at radius 2 is 0.927 bits per heavy atom. The van der Waals surface area contributed by atoms with E-state index in [1.54, 1.807) is 0 Å². The van der Waals surface area contributed by atoms with Crippen LogP contribution in [0.25, 0.3) is 60.5 Å². The number of benzene rings is 6. The van der Waals surface area contributed by atoms with Gasteiger partial charge < -0.3 is 0 Å². The Balaban J connectivity index is 1.65. The molecule has 1 aromatic heterocycles. The van der Waals surface area contributed by atoms with Crippen LogP contribution in [0.4, 0.5) is 0 Å². The van der Waals surface area contributed by atoms with Gasteiger partial charge in [0, 0.05) is 10.8 Å². The molecule has 0 aliphatic heterocycles. The molecule has 7 rings (SSSR count). The Kier molecular flexibility index (Phi) is 6.01. The van der Waals surface area contributed by atoms with E-state index >= 15 is 0 Å². The highest BCUT2D eigenvalue weighted by Crippen LogP contribution is 2.44. The van der Waals surface area contributed by atoms with E-state index in [1.165, 1.54) is 76.8 Å². The van der Waals surface area contributed by atoms with E-state index in [0.29, 0.717) is 0 Å². The van der Waals surface area contributed by atoms with Gasteiger partial charge >= 0.3 is 0 Å². The van der Waals surface area contributed by atoms with Crippen LogP contribution in [0.5, 0.6) is 0 Å². The number of aromatic nitrogens is 2. The van der Waals surface area contributed by atoms with Crippen molar-refractivity contribution in [2.75, 3.05) is 0 Å². The molecule has 0 saturated heterocycles. The Morgan fingerprint density at radius 1 is 0.488 bits per heavy atom. The molecule has 0 aliphatic carbocycles. The zero-order valence-electron chi connectivity index (χ0n) is 24.6. The van der Waals surface area contributed by atoms with Gasteiger partial charge in [0.2, 0.25) is 0 Å². The van der Waals surface area contributed by atoms with Crippen LogP contribution in [0, 0.1) is 6.92 Å². The SMILES string of the molecule is Bc1c(B)c(B)c(-c2ccccc2-c2c3ccccc3c(-n3c(C)nc4ccccc43)c3ccccc23)c(B)c1B. The first-order valence-electron chi connectivity index (χ1n) is 14.4. The number of hydrogen-bond acceptors (Lipinski definition) is 1. The molecule has 190 valence electrons. The van der Waals surface area contributed by atoms with Crippen molar-refractivity contribution in [2.24, 2.45) is 0 Å². The lowest BCUT2D eigenvalue weighted by molar-refractivity contribution is 1.02. The third-order valence-corrected chi connectivity index (χ3v) is 9.32. The molecule has 0 fully saturated rings. The highest BCUT2D eigenvalue weighted by molar-refractivity contribution is 6.68. The van der Waals surface area contributed by atoms with Crippen LogP contribution in [0.1, 0.15) is 5.82 Å². The highest BCUT2D eigenvalue weighted by atomic mass is 15.1. The van der Waals surface area contributed by atoms with Crippen LogP contribution in [0.2, 0.25) is 0 Å². The average Bonchev–Trinajstić information content (AvgIpc) is 3.33. The molecule has 0 aliphatic rings. The van der Waals surface area contributed by atoms with E-state index < -0.39 is 0 Å². The Hall–Kier alpha value is -4.37. The summed E-state index contributed by atoms with van der Waals surface area (Å²) in [6.45, 7) is 2.11. The number of rotatable bonds is 3. The highest BCUT2D eigenvalue weighted by Gasteiger charge is 2.22. The summed E-state index contributed by atoms with van der Waals surface area (Å²) in [5.74, 6) is 0.992. The molecule has 7 aromatic rings. The first-order valence-corrected chi connectivity index (χ1v) is 14.4. The molecular formula is C34H29B5N2. The molecule has 0 bridgehead atoms. The fourth-order valence-electron chi connectivity index (χ4n) is 6.89. The van der Waals surface area contributed by atoms with Gasteiger partial charge in [-0.15, -0.1) is 16.4 Å². The number of para-hydroxylation sites is 2. The second-order valence-electron chi connectivity index (χ2n) is 11.3. The van der Waals surface area contributed by atoms with Crippen molar-refractivity contribution in [1.29, 1.82) is 0 Å². The van der Waals surface area contributed by atoms with Crippen molar-refractivity contribution in [3.8, 4) is 27.9 Å². The summed E-state index contributed by atoms with van der Waals surface area (Å²) in [4.78, 5) is 4.94. The lowest BCUT2D eigenvalue weighted by Gasteiger charge is -2.24. The van der Waals surface area contributed by atoms with E-state index in [0.717, 1.165) is 16.9 Å². The quantitative estimate of drug-likeness (QED) is 0.242. The maximum absolute atomic E-state index is 4.94. The van der Waals surface area contributed by atoms with Crippen molar-refractivity contribution in [3.63, 3.8) is 0 Å². The van der Waals surface area contributed by atoms with E-state index in [1.807, 2.05) is 0 Å². The van der Waals surface area contributed by atoms with Crippen LogP contribution >= 0.6 is 0 Å². The van der Waals surface area contributed by atoms with Gasteiger partial charge in [-0.1, -0.05) is 95.9 Å². The minimum atomic E-state index is 0.992. The average molecular weight is 520 g/mol. The van der Waals surface area contributed by atoms with Gasteiger partial charge in [-0.3, -0.25) is 4.57 Å². The normalized spacial score (nSPS) is 11.5. The summed E-state index contributed by atoms with van der Waals surface area (Å²) in [5, 5.41) is 4.96. The molecule has 41 heavy (non-hydrogen) atoms. The zero-order chi connectivity index (χ0) is 28.4. The van der Waals surface area contributed by atoms with Gasteiger partial charge in [0.25, 0.3) is 0 Å². The van der Waals surface area contributed by atoms with Gasteiger partial charge in [-0.25, -0.2) is 4.98 Å². The third-order valence-electron chi connectivity index (χ3n) is 9.32. The van der Waals surface area contributed by atoms with Crippen LogP contribution in [0.3, 0.4) is 0 Å². The van der Waals surface area contributed by atoms with Crippen molar-refractivity contribution in [3.05, 3.63) is 103 Å². The van der Waals surface area contributed by atoms with Gasteiger partial charge in [-0.2, -0.15) is 0 Å². The molecule has 0 saturated carbocycles. The molecular weight excluding hydrogens is 490 g/mol. The second kappa shape index (κ2) is 9.63. The third kappa shape index (κ3) is 3.75. The standard InChI is InChI=1S/C34H29B5N2/c1-18-40-25-16-8-9-17-26(25)41(18)34-23-14-6-4-12-21(23)27(22-13-5-7-15-24(22)34)19-10-2-3-11-20(19)28-29(35)31(37)33(39)32(38)30(28)36/h2-17H,35-39H2,1H3. The Morgan fingerprint density at radius 3 is 1.51 bits per heavy atom. The summed E-state index contributed by atoms with van der Waals surface area (Å²) >= 11 is 0. The number of aryl methyl sites for hydroxylation is 1. The summed E-state index contributed by atoms with van der Waals surface area (Å²) in [5.41, 5.74) is 15.4. The summed E-state index contributed by atoms with van der Waals surface area (Å²) in [6.07, 6.45) is 0. The van der Waals surface area contributed by atoms with Crippen molar-refractivity contribution in [2.45, 2.75) is 6.92 Å². The number of imidazole rings is 1. The maximum atomic E-state index is 4.94. The molecule has 0 atom stereocenters. The smallest absolute Gasteiger partial charge is 0.139 e. The number of nitrogens with zero attached hydrogens (tertiary/aromatic N) is 2. The summed E-state index contributed by atoms with van der Waals surface area (Å²) in [7, 11) is 11.4. The molecule has 0 unspecified atom stereocenters.